The average molecular weight is 1440 g/mol. The summed E-state index contributed by atoms with van der Waals surface area (Å²) in [7, 11) is -9.91. The molecule has 0 aliphatic carbocycles. The number of carbonyl (C=O) groups is 4. The minimum absolute atomic E-state index is 0.103. The standard InChI is InChI=1S/C79H154O17P2/c1-8-11-12-13-14-15-16-17-18-24-27-30-33-38-46-53-60-76(81)89-66-74(95-78(83)62-55-48-39-34-31-28-25-22-20-19-21-23-26-29-32-37-44-51-58-71(6)9-2)68-93-97(85,86)91-64-73(80)65-92-98(87,88)94-69-75(96-79(84)63-56-49-40-35-36-43-50-57-70(4)5)67-90-77(82)61-54-47-42-41-45-52-59-72(7)10-3/h70-75,80H,8-69H2,1-7H3,(H,85,86)(H,87,88)/t71?,72?,73-,74-,75-/m1/s1. The van der Waals surface area contributed by atoms with Gasteiger partial charge in [0.1, 0.15) is 19.3 Å². The van der Waals surface area contributed by atoms with Crippen LogP contribution >= 0.6 is 15.6 Å². The number of hydrogen-bond acceptors (Lipinski definition) is 15. The summed E-state index contributed by atoms with van der Waals surface area (Å²) in [4.78, 5) is 72.8. The van der Waals surface area contributed by atoms with E-state index in [2.05, 4.69) is 48.5 Å². The van der Waals surface area contributed by atoms with E-state index < -0.39 is 97.5 Å². The molecule has 0 aromatic carbocycles. The minimum Gasteiger partial charge on any atom is -0.462 e. The quantitative estimate of drug-likeness (QED) is 0.0222. The highest BCUT2D eigenvalue weighted by molar-refractivity contribution is 7.47. The molecule has 0 rings (SSSR count). The Morgan fingerprint density at radius 3 is 0.776 bits per heavy atom. The summed E-state index contributed by atoms with van der Waals surface area (Å²) < 4.78 is 68.6. The van der Waals surface area contributed by atoms with Gasteiger partial charge in [0.25, 0.3) is 0 Å². The molecule has 0 heterocycles. The van der Waals surface area contributed by atoms with E-state index in [1.54, 1.807) is 0 Å². The molecule has 17 nitrogen and oxygen atoms in total. The molecule has 0 aliphatic heterocycles. The monoisotopic (exact) mass is 1440 g/mol. The lowest BCUT2D eigenvalue weighted by Gasteiger charge is -2.21. The molecule has 0 aliphatic rings. The molecule has 0 radical (unpaired) electrons. The maximum Gasteiger partial charge on any atom is 0.472 e. The predicted molar refractivity (Wildman–Crippen MR) is 400 cm³/mol. The lowest BCUT2D eigenvalue weighted by molar-refractivity contribution is -0.161. The number of ether oxygens (including phenoxy) is 4. The zero-order chi connectivity index (χ0) is 72.3. The summed E-state index contributed by atoms with van der Waals surface area (Å²) in [6, 6.07) is 0. The number of hydrogen-bond donors (Lipinski definition) is 3. The SMILES string of the molecule is CCCCCCCCCCCCCCCCCCC(=O)OC[C@H](COP(=O)(O)OC[C@@H](O)COP(=O)(O)OC[C@@H](COC(=O)CCCCCCCCC(C)CC)OC(=O)CCCCCCCCCC(C)C)OC(=O)CCCCCCCCCCCCCCCCCCCCC(C)CC. The normalized spacial score (nSPS) is 14.6. The number of aliphatic hydroxyl groups is 1. The molecule has 3 N–H and O–H groups in total. The second-order valence-corrected chi connectivity index (χ2v) is 32.3. The molecule has 0 bridgehead atoms. The molecule has 582 valence electrons. The Balaban J connectivity index is 5.19. The summed E-state index contributed by atoms with van der Waals surface area (Å²) in [5.74, 6) is 0.179. The van der Waals surface area contributed by atoms with Gasteiger partial charge in [-0.15, -0.1) is 0 Å². The summed E-state index contributed by atoms with van der Waals surface area (Å²) in [6.45, 7) is 11.9. The van der Waals surface area contributed by atoms with Gasteiger partial charge in [-0.3, -0.25) is 37.3 Å². The van der Waals surface area contributed by atoms with Gasteiger partial charge in [0, 0.05) is 25.7 Å². The van der Waals surface area contributed by atoms with Gasteiger partial charge >= 0.3 is 39.5 Å². The highest BCUT2D eigenvalue weighted by Crippen LogP contribution is 2.45. The Labute approximate surface area is 600 Å². The van der Waals surface area contributed by atoms with Crippen LogP contribution in [0.3, 0.4) is 0 Å². The Kier molecular flexibility index (Phi) is 68.1. The molecule has 4 unspecified atom stereocenters. The Morgan fingerprint density at radius 1 is 0.296 bits per heavy atom. The van der Waals surface area contributed by atoms with E-state index in [0.717, 1.165) is 108 Å². The van der Waals surface area contributed by atoms with Crippen LogP contribution in [-0.2, 0) is 65.4 Å². The van der Waals surface area contributed by atoms with Crippen molar-refractivity contribution >= 4 is 39.5 Å². The third-order valence-electron chi connectivity index (χ3n) is 19.1. The molecule has 98 heavy (non-hydrogen) atoms. The molecule has 7 atom stereocenters. The molecule has 0 spiro atoms. The first-order chi connectivity index (χ1) is 47.3. The largest absolute Gasteiger partial charge is 0.472 e. The first kappa shape index (κ1) is 96.1. The zero-order valence-electron chi connectivity index (χ0n) is 64.3. The maximum atomic E-state index is 13.1. The van der Waals surface area contributed by atoms with E-state index in [1.807, 2.05) is 0 Å². The summed E-state index contributed by atoms with van der Waals surface area (Å²) in [6.07, 6.45) is 57.1. The third-order valence-corrected chi connectivity index (χ3v) is 21.0. The fourth-order valence-corrected chi connectivity index (χ4v) is 13.6. The van der Waals surface area contributed by atoms with Gasteiger partial charge in [-0.1, -0.05) is 357 Å². The minimum atomic E-state index is -4.96. The van der Waals surface area contributed by atoms with Crippen molar-refractivity contribution in [1.82, 2.24) is 0 Å². The summed E-state index contributed by atoms with van der Waals surface area (Å²) in [5, 5.41) is 10.6. The molecular formula is C79H154O17P2. The third kappa shape index (κ3) is 69.8. The Hall–Kier alpha value is -1.94. The average Bonchev–Trinajstić information content (AvgIpc) is 1.13. The van der Waals surface area contributed by atoms with Crippen LogP contribution in [0.1, 0.15) is 408 Å². The van der Waals surface area contributed by atoms with Crippen LogP contribution in [0.15, 0.2) is 0 Å². The van der Waals surface area contributed by atoms with Crippen molar-refractivity contribution in [3.63, 3.8) is 0 Å². The first-order valence-electron chi connectivity index (χ1n) is 40.9. The van der Waals surface area contributed by atoms with Crippen molar-refractivity contribution in [2.24, 2.45) is 17.8 Å². The predicted octanol–water partition coefficient (Wildman–Crippen LogP) is 23.4. The number of phosphoric ester groups is 2. The van der Waals surface area contributed by atoms with Gasteiger partial charge in [0.15, 0.2) is 12.2 Å². The van der Waals surface area contributed by atoms with Gasteiger partial charge < -0.3 is 33.8 Å². The maximum absolute atomic E-state index is 13.1. The zero-order valence-corrected chi connectivity index (χ0v) is 66.0. The molecule has 19 heteroatoms. The lowest BCUT2D eigenvalue weighted by atomic mass is 9.99. The number of phosphoric acid groups is 2. The van der Waals surface area contributed by atoms with Crippen LogP contribution in [0.5, 0.6) is 0 Å². The topological polar surface area (TPSA) is 237 Å². The number of aliphatic hydroxyl groups excluding tert-OH is 1. The van der Waals surface area contributed by atoms with E-state index in [4.69, 9.17) is 37.0 Å². The smallest absolute Gasteiger partial charge is 0.462 e. The van der Waals surface area contributed by atoms with Gasteiger partial charge in [0.05, 0.1) is 26.4 Å². The lowest BCUT2D eigenvalue weighted by Crippen LogP contribution is -2.30. The number of unbranched alkanes of at least 4 members (excludes halogenated alkanes) is 43. The second-order valence-electron chi connectivity index (χ2n) is 29.4. The fourth-order valence-electron chi connectivity index (χ4n) is 12.1. The van der Waals surface area contributed by atoms with Crippen LogP contribution in [0.4, 0.5) is 0 Å². The molecule has 0 saturated carbocycles. The highest BCUT2D eigenvalue weighted by atomic mass is 31.2. The Morgan fingerprint density at radius 2 is 0.520 bits per heavy atom. The number of rotatable bonds is 77. The van der Waals surface area contributed by atoms with E-state index >= 15 is 0 Å². The molecule has 0 aromatic rings. The molecule has 0 fully saturated rings. The van der Waals surface area contributed by atoms with Gasteiger partial charge in [-0.25, -0.2) is 9.13 Å². The van der Waals surface area contributed by atoms with Crippen LogP contribution in [0, 0.1) is 17.8 Å². The van der Waals surface area contributed by atoms with Gasteiger partial charge in [-0.2, -0.15) is 0 Å². The molecule has 0 saturated heterocycles. The van der Waals surface area contributed by atoms with Crippen LogP contribution < -0.4 is 0 Å². The van der Waals surface area contributed by atoms with Crippen LogP contribution in [0.2, 0.25) is 0 Å². The van der Waals surface area contributed by atoms with Crippen molar-refractivity contribution in [1.29, 1.82) is 0 Å². The van der Waals surface area contributed by atoms with Crippen molar-refractivity contribution in [3.8, 4) is 0 Å². The number of carbonyl (C=O) groups excluding carboxylic acids is 4. The van der Waals surface area contributed by atoms with Crippen molar-refractivity contribution in [3.05, 3.63) is 0 Å². The van der Waals surface area contributed by atoms with E-state index in [-0.39, 0.29) is 25.7 Å². The van der Waals surface area contributed by atoms with E-state index in [0.29, 0.717) is 31.6 Å². The molecule has 0 amide bonds. The van der Waals surface area contributed by atoms with E-state index in [1.165, 1.54) is 212 Å². The van der Waals surface area contributed by atoms with Crippen molar-refractivity contribution in [2.45, 2.75) is 426 Å². The van der Waals surface area contributed by atoms with Gasteiger partial charge in [0.2, 0.25) is 0 Å². The van der Waals surface area contributed by atoms with Crippen molar-refractivity contribution < 1.29 is 80.2 Å². The Bertz CT molecular complexity index is 1910. The van der Waals surface area contributed by atoms with Crippen LogP contribution in [0.25, 0.3) is 0 Å². The second kappa shape index (κ2) is 69.4. The summed E-state index contributed by atoms with van der Waals surface area (Å²) >= 11 is 0. The molecular weight excluding hydrogens is 1280 g/mol. The highest BCUT2D eigenvalue weighted by Gasteiger charge is 2.30. The number of esters is 4. The van der Waals surface area contributed by atoms with Gasteiger partial charge in [-0.05, 0) is 43.4 Å². The van der Waals surface area contributed by atoms with Crippen molar-refractivity contribution in [2.75, 3.05) is 39.6 Å². The summed E-state index contributed by atoms with van der Waals surface area (Å²) in [5.41, 5.74) is 0. The molecule has 0 aromatic heterocycles. The fraction of sp³-hybridized carbons (Fsp3) is 0.949. The van der Waals surface area contributed by atoms with E-state index in [9.17, 15) is 43.2 Å². The first-order valence-corrected chi connectivity index (χ1v) is 43.9. The van der Waals surface area contributed by atoms with Crippen LogP contribution in [-0.4, -0.2) is 96.7 Å².